The number of carbonyl (C=O) groups is 1. The molecule has 1 aliphatic rings. The number of benzene rings is 3. The van der Waals surface area contributed by atoms with Crippen molar-refractivity contribution in [2.75, 3.05) is 49.5 Å². The van der Waals surface area contributed by atoms with Crippen LogP contribution < -0.4 is 15.0 Å². The van der Waals surface area contributed by atoms with E-state index in [1.54, 1.807) is 17.0 Å². The lowest BCUT2D eigenvalue weighted by atomic mass is 9.92. The van der Waals surface area contributed by atoms with Crippen molar-refractivity contribution in [1.82, 2.24) is 34.8 Å². The van der Waals surface area contributed by atoms with E-state index in [0.717, 1.165) is 54.6 Å². The summed E-state index contributed by atoms with van der Waals surface area (Å²) in [5.74, 6) is 1.59. The van der Waals surface area contributed by atoms with Crippen LogP contribution in [0.15, 0.2) is 73.6 Å². The zero-order valence-corrected chi connectivity index (χ0v) is 28.4. The molecule has 0 aliphatic carbocycles. The second-order valence-electron chi connectivity index (χ2n) is 12.5. The van der Waals surface area contributed by atoms with Gasteiger partial charge in [0.25, 0.3) is 0 Å². The lowest BCUT2D eigenvalue weighted by Crippen LogP contribution is -2.48. The summed E-state index contributed by atoms with van der Waals surface area (Å²) in [5.41, 5.74) is 5.55. The molecule has 1 fully saturated rings. The van der Waals surface area contributed by atoms with Gasteiger partial charge in [-0.05, 0) is 97.1 Å². The van der Waals surface area contributed by atoms with Gasteiger partial charge in [-0.2, -0.15) is 28.4 Å². The molecule has 11 nitrogen and oxygen atoms in total. The minimum absolute atomic E-state index is 0.0508. The molecular weight excluding hydrogens is 659 g/mol. The van der Waals surface area contributed by atoms with Gasteiger partial charge < -0.3 is 19.9 Å². The molecule has 262 valence electrons. The standard InChI is InChI=1S/C37H36F3N9O2/c1-5-32(50)47-13-15-48(16-14-47)35-28-18-23(3)27(33-22(2)6-11-30-29(33)21-42-46-30)19-31(28)44-36(45-35)41-12-17-51-26-9-7-25(8-10-26)49-34(37(38,39)40)24(4)20-43-49/h5-11,18-21H,1,12-17H2,2-4H3,(H,42,46)(H,41,44,45). The van der Waals surface area contributed by atoms with Crippen LogP contribution in [0.1, 0.15) is 22.4 Å². The molecule has 1 amide bonds. The Kier molecular flexibility index (Phi) is 8.83. The van der Waals surface area contributed by atoms with E-state index in [4.69, 9.17) is 14.7 Å². The predicted octanol–water partition coefficient (Wildman–Crippen LogP) is 6.63. The first-order valence-electron chi connectivity index (χ1n) is 16.5. The summed E-state index contributed by atoms with van der Waals surface area (Å²) in [4.78, 5) is 26.1. The number of nitrogens with zero attached hydrogens (tertiary/aromatic N) is 7. The molecule has 4 heterocycles. The number of amides is 1. The average molecular weight is 696 g/mol. The number of hydrogen-bond donors (Lipinski definition) is 2. The molecule has 3 aromatic heterocycles. The zero-order valence-electron chi connectivity index (χ0n) is 28.4. The highest BCUT2D eigenvalue weighted by Crippen LogP contribution is 2.38. The number of fused-ring (bicyclic) bond motifs is 2. The van der Waals surface area contributed by atoms with Crippen molar-refractivity contribution in [2.45, 2.75) is 26.9 Å². The summed E-state index contributed by atoms with van der Waals surface area (Å²) in [5, 5.41) is 16.5. The predicted molar refractivity (Wildman–Crippen MR) is 190 cm³/mol. The number of carbonyl (C=O) groups excluding carboxylic acids is 1. The number of H-pyrrole nitrogens is 1. The SMILES string of the molecule is C=CC(=O)N1CCN(c2nc(NCCOc3ccc(-n4ncc(C)c4C(F)(F)F)cc3)nc3cc(-c4c(C)ccc5[nH]ncc45)c(C)cc23)CC1. The van der Waals surface area contributed by atoms with E-state index >= 15 is 0 Å². The molecule has 1 aliphatic heterocycles. The van der Waals surface area contributed by atoms with Crippen molar-refractivity contribution < 1.29 is 22.7 Å². The summed E-state index contributed by atoms with van der Waals surface area (Å²) in [7, 11) is 0. The van der Waals surface area contributed by atoms with Gasteiger partial charge in [0, 0.05) is 37.0 Å². The number of hydrogen-bond acceptors (Lipinski definition) is 8. The Morgan fingerprint density at radius 3 is 2.45 bits per heavy atom. The van der Waals surface area contributed by atoms with E-state index in [1.165, 1.54) is 31.3 Å². The topological polar surface area (TPSA) is 117 Å². The van der Waals surface area contributed by atoms with Crippen LogP contribution in [0.3, 0.4) is 0 Å². The minimum Gasteiger partial charge on any atom is -0.492 e. The summed E-state index contributed by atoms with van der Waals surface area (Å²) < 4.78 is 47.5. The fourth-order valence-electron chi connectivity index (χ4n) is 6.59. The Morgan fingerprint density at radius 1 is 0.961 bits per heavy atom. The third kappa shape index (κ3) is 6.56. The summed E-state index contributed by atoms with van der Waals surface area (Å²) in [6, 6.07) is 14.6. The van der Waals surface area contributed by atoms with Gasteiger partial charge in [0.1, 0.15) is 18.2 Å². The van der Waals surface area contributed by atoms with Crippen molar-refractivity contribution in [3.8, 4) is 22.6 Å². The molecule has 6 aromatic rings. The smallest absolute Gasteiger partial charge is 0.433 e. The first kappa shape index (κ1) is 33.6. The second-order valence-corrected chi connectivity index (χ2v) is 12.5. The Bertz CT molecular complexity index is 2250. The van der Waals surface area contributed by atoms with Gasteiger partial charge in [0.2, 0.25) is 11.9 Å². The highest BCUT2D eigenvalue weighted by Gasteiger charge is 2.37. The van der Waals surface area contributed by atoms with E-state index in [9.17, 15) is 18.0 Å². The molecular formula is C37H36F3N9O2. The number of aryl methyl sites for hydroxylation is 3. The van der Waals surface area contributed by atoms with Gasteiger partial charge in [-0.1, -0.05) is 12.6 Å². The Balaban J connectivity index is 1.14. The van der Waals surface area contributed by atoms with Gasteiger partial charge in [0.15, 0.2) is 5.69 Å². The molecule has 0 radical (unpaired) electrons. The molecule has 14 heteroatoms. The van der Waals surface area contributed by atoms with Crippen molar-refractivity contribution in [3.05, 3.63) is 96.0 Å². The molecule has 51 heavy (non-hydrogen) atoms. The largest absolute Gasteiger partial charge is 0.492 e. The van der Waals surface area contributed by atoms with Crippen molar-refractivity contribution >= 4 is 39.5 Å². The van der Waals surface area contributed by atoms with Crippen LogP contribution >= 0.6 is 0 Å². The van der Waals surface area contributed by atoms with E-state index < -0.39 is 11.9 Å². The van der Waals surface area contributed by atoms with Crippen LogP contribution in [0.2, 0.25) is 0 Å². The maximum absolute atomic E-state index is 13.6. The number of piperazine rings is 1. The number of rotatable bonds is 9. The normalized spacial score (nSPS) is 13.6. The Labute approximate surface area is 291 Å². The monoisotopic (exact) mass is 695 g/mol. The fraction of sp³-hybridized carbons (Fsp3) is 0.270. The number of ether oxygens (including phenoxy) is 1. The molecule has 2 N–H and O–H groups in total. The van der Waals surface area contributed by atoms with E-state index in [2.05, 4.69) is 64.1 Å². The minimum atomic E-state index is -4.53. The number of nitrogens with one attached hydrogen (secondary N) is 2. The van der Waals surface area contributed by atoms with Crippen LogP contribution in [0, 0.1) is 20.8 Å². The summed E-state index contributed by atoms with van der Waals surface area (Å²) >= 11 is 0. The molecule has 0 unspecified atom stereocenters. The number of alkyl halides is 3. The van der Waals surface area contributed by atoms with Crippen molar-refractivity contribution in [1.29, 1.82) is 0 Å². The van der Waals surface area contributed by atoms with Gasteiger partial charge >= 0.3 is 6.18 Å². The van der Waals surface area contributed by atoms with E-state index in [1.807, 2.05) is 12.3 Å². The molecule has 0 saturated carbocycles. The third-order valence-electron chi connectivity index (χ3n) is 9.14. The van der Waals surface area contributed by atoms with Crippen LogP contribution in [0.25, 0.3) is 38.6 Å². The quantitative estimate of drug-likeness (QED) is 0.128. The second kappa shape index (κ2) is 13.4. The maximum atomic E-state index is 13.6. The lowest BCUT2D eigenvalue weighted by Gasteiger charge is -2.35. The third-order valence-corrected chi connectivity index (χ3v) is 9.14. The Morgan fingerprint density at radius 2 is 1.73 bits per heavy atom. The fourth-order valence-corrected chi connectivity index (χ4v) is 6.59. The lowest BCUT2D eigenvalue weighted by molar-refractivity contribution is -0.143. The number of aromatic amines is 1. The average Bonchev–Trinajstić information content (AvgIpc) is 3.76. The van der Waals surface area contributed by atoms with Gasteiger partial charge in [-0.25, -0.2) is 9.67 Å². The molecule has 1 saturated heterocycles. The number of anilines is 2. The van der Waals surface area contributed by atoms with E-state index in [0.29, 0.717) is 44.4 Å². The first-order valence-corrected chi connectivity index (χ1v) is 16.5. The molecule has 0 spiro atoms. The van der Waals surface area contributed by atoms with Gasteiger partial charge in [-0.3, -0.25) is 9.89 Å². The van der Waals surface area contributed by atoms with Crippen LogP contribution in [0.5, 0.6) is 5.75 Å². The zero-order chi connectivity index (χ0) is 35.9. The number of halogens is 3. The van der Waals surface area contributed by atoms with Crippen molar-refractivity contribution in [3.63, 3.8) is 0 Å². The highest BCUT2D eigenvalue weighted by atomic mass is 19.4. The van der Waals surface area contributed by atoms with Crippen LogP contribution in [0.4, 0.5) is 24.9 Å². The molecule has 0 bridgehead atoms. The maximum Gasteiger partial charge on any atom is 0.433 e. The van der Waals surface area contributed by atoms with E-state index in [-0.39, 0.29) is 23.8 Å². The molecule has 7 rings (SSSR count). The Hall–Kier alpha value is -5.92. The van der Waals surface area contributed by atoms with Crippen molar-refractivity contribution in [2.24, 2.45) is 0 Å². The van der Waals surface area contributed by atoms with Crippen LogP contribution in [-0.2, 0) is 11.0 Å². The van der Waals surface area contributed by atoms with Crippen LogP contribution in [-0.4, -0.2) is 80.1 Å². The van der Waals surface area contributed by atoms with Gasteiger partial charge in [0.05, 0.1) is 35.7 Å². The first-order chi connectivity index (χ1) is 24.5. The number of aromatic nitrogens is 6. The molecule has 0 atom stereocenters. The summed E-state index contributed by atoms with van der Waals surface area (Å²) in [6.07, 6.45) is -0.148. The summed E-state index contributed by atoms with van der Waals surface area (Å²) in [6.45, 7) is 12.1. The van der Waals surface area contributed by atoms with Gasteiger partial charge in [-0.15, -0.1) is 0 Å². The molecule has 3 aromatic carbocycles. The highest BCUT2D eigenvalue weighted by molar-refractivity contribution is 6.01.